The van der Waals surface area contributed by atoms with Crippen LogP contribution in [0.1, 0.15) is 54.5 Å². The molecule has 0 saturated heterocycles. The molecule has 0 aliphatic heterocycles. The summed E-state index contributed by atoms with van der Waals surface area (Å²) in [5, 5.41) is 20.8. The zero-order chi connectivity index (χ0) is 17.1. The number of aliphatic hydroxyl groups is 1. The van der Waals surface area contributed by atoms with Gasteiger partial charge < -0.3 is 20.1 Å². The Morgan fingerprint density at radius 2 is 1.82 bits per heavy atom. The van der Waals surface area contributed by atoms with E-state index < -0.39 is 28.3 Å². The molecule has 0 fully saturated rings. The molecule has 0 saturated carbocycles. The summed E-state index contributed by atoms with van der Waals surface area (Å²) >= 11 is 0. The molecule has 122 valence electrons. The van der Waals surface area contributed by atoms with Crippen molar-refractivity contribution in [1.29, 1.82) is 0 Å². The molecule has 1 aromatic heterocycles. The number of pyridine rings is 1. The van der Waals surface area contributed by atoms with E-state index in [4.69, 9.17) is 5.11 Å². The molecule has 0 bridgehead atoms. The zero-order valence-electron chi connectivity index (χ0n) is 13.2. The number of rotatable bonds is 6. The van der Waals surface area contributed by atoms with E-state index >= 15 is 0 Å². The maximum atomic E-state index is 12.2. The van der Waals surface area contributed by atoms with Crippen molar-refractivity contribution in [2.75, 3.05) is 13.2 Å². The fourth-order valence-corrected chi connectivity index (χ4v) is 1.68. The van der Waals surface area contributed by atoms with Gasteiger partial charge in [0, 0.05) is 37.0 Å². The van der Waals surface area contributed by atoms with Crippen LogP contribution in [0.25, 0.3) is 0 Å². The lowest BCUT2D eigenvalue weighted by Crippen LogP contribution is -2.39. The molecule has 0 aliphatic rings. The number of aromatic nitrogens is 1. The smallest absolute Gasteiger partial charge is 0.341 e. The minimum Gasteiger partial charge on any atom is -0.477 e. The van der Waals surface area contributed by atoms with Crippen LogP contribution < -0.4 is 10.7 Å². The molecular formula is C15H22N2O5. The molecular weight excluding hydrogens is 288 g/mol. The van der Waals surface area contributed by atoms with Crippen molar-refractivity contribution in [2.45, 2.75) is 33.7 Å². The van der Waals surface area contributed by atoms with E-state index in [1.54, 1.807) is 13.8 Å². The van der Waals surface area contributed by atoms with Crippen molar-refractivity contribution in [3.63, 3.8) is 0 Å². The van der Waals surface area contributed by atoms with Gasteiger partial charge in [-0.1, -0.05) is 13.8 Å². The van der Waals surface area contributed by atoms with E-state index in [1.807, 2.05) is 13.8 Å². The van der Waals surface area contributed by atoms with Crippen LogP contribution in [0, 0.1) is 5.41 Å². The summed E-state index contributed by atoms with van der Waals surface area (Å²) in [4.78, 5) is 35.5. The summed E-state index contributed by atoms with van der Waals surface area (Å²) < 4.78 is 1.51. The SMILES string of the molecule is CC(C)n1cc(C(=O)O)c(=O)c(C(=O)NCC(C)(C)CO)c1. The fraction of sp³-hybridized carbons (Fsp3) is 0.533. The summed E-state index contributed by atoms with van der Waals surface area (Å²) in [6, 6.07) is -0.0980. The highest BCUT2D eigenvalue weighted by Crippen LogP contribution is 2.12. The van der Waals surface area contributed by atoms with Gasteiger partial charge in [0.2, 0.25) is 5.43 Å². The van der Waals surface area contributed by atoms with Crippen molar-refractivity contribution < 1.29 is 19.8 Å². The quantitative estimate of drug-likeness (QED) is 0.722. The van der Waals surface area contributed by atoms with Gasteiger partial charge in [-0.15, -0.1) is 0 Å². The van der Waals surface area contributed by atoms with Crippen LogP contribution in [-0.4, -0.2) is 39.8 Å². The second kappa shape index (κ2) is 6.74. The standard InChI is InChI=1S/C15H22N2O5/c1-9(2)17-5-10(12(19)11(6-17)14(21)22)13(20)16-7-15(3,4)8-18/h5-6,9,18H,7-8H2,1-4H3,(H,16,20)(H,21,22). The van der Waals surface area contributed by atoms with Crippen LogP contribution in [0.3, 0.4) is 0 Å². The number of carboxylic acids is 1. The third kappa shape index (κ3) is 4.17. The van der Waals surface area contributed by atoms with Gasteiger partial charge in [0.05, 0.1) is 0 Å². The van der Waals surface area contributed by atoms with Crippen LogP contribution in [-0.2, 0) is 0 Å². The lowest BCUT2D eigenvalue weighted by molar-refractivity contribution is 0.0694. The molecule has 1 aromatic rings. The van der Waals surface area contributed by atoms with Gasteiger partial charge in [-0.3, -0.25) is 9.59 Å². The molecule has 0 aliphatic carbocycles. The van der Waals surface area contributed by atoms with Gasteiger partial charge in [-0.25, -0.2) is 4.79 Å². The first kappa shape index (κ1) is 17.9. The molecule has 1 rings (SSSR count). The highest BCUT2D eigenvalue weighted by molar-refractivity contribution is 5.96. The van der Waals surface area contributed by atoms with Gasteiger partial charge in [0.1, 0.15) is 11.1 Å². The van der Waals surface area contributed by atoms with Crippen LogP contribution in [0.5, 0.6) is 0 Å². The summed E-state index contributed by atoms with van der Waals surface area (Å²) in [5.41, 5.74) is -2.01. The Morgan fingerprint density at radius 1 is 1.27 bits per heavy atom. The number of carbonyl (C=O) groups excluding carboxylic acids is 1. The second-order valence-electron chi connectivity index (χ2n) is 6.27. The molecule has 0 unspecified atom stereocenters. The van der Waals surface area contributed by atoms with Gasteiger partial charge in [-0.2, -0.15) is 0 Å². The number of nitrogens with one attached hydrogen (secondary N) is 1. The van der Waals surface area contributed by atoms with Gasteiger partial charge >= 0.3 is 5.97 Å². The Balaban J connectivity index is 3.20. The number of nitrogens with zero attached hydrogens (tertiary/aromatic N) is 1. The number of carboxylic acid groups (broad SMARTS) is 1. The topological polar surface area (TPSA) is 109 Å². The molecule has 1 heterocycles. The molecule has 0 atom stereocenters. The molecule has 1 amide bonds. The number of carbonyl (C=O) groups is 2. The molecule has 0 aromatic carbocycles. The Bertz CT molecular complexity index is 631. The first-order valence-electron chi connectivity index (χ1n) is 6.97. The Morgan fingerprint density at radius 3 is 2.27 bits per heavy atom. The molecule has 7 heteroatoms. The van der Waals surface area contributed by atoms with Gasteiger partial charge in [-0.05, 0) is 13.8 Å². The van der Waals surface area contributed by atoms with E-state index in [1.165, 1.54) is 17.0 Å². The summed E-state index contributed by atoms with van der Waals surface area (Å²) in [7, 11) is 0. The normalized spacial score (nSPS) is 11.5. The minimum atomic E-state index is -1.37. The molecule has 0 radical (unpaired) electrons. The molecule has 22 heavy (non-hydrogen) atoms. The Kier molecular flexibility index (Phi) is 5.48. The van der Waals surface area contributed by atoms with E-state index in [0.717, 1.165) is 0 Å². The first-order chi connectivity index (χ1) is 10.1. The summed E-state index contributed by atoms with van der Waals surface area (Å²) in [5.74, 6) is -2.02. The highest BCUT2D eigenvalue weighted by atomic mass is 16.4. The summed E-state index contributed by atoms with van der Waals surface area (Å²) in [6.45, 7) is 7.18. The van der Waals surface area contributed by atoms with Crippen LogP contribution in [0.2, 0.25) is 0 Å². The lowest BCUT2D eigenvalue weighted by atomic mass is 9.95. The zero-order valence-corrected chi connectivity index (χ0v) is 13.2. The average molecular weight is 310 g/mol. The average Bonchev–Trinajstić information content (AvgIpc) is 2.44. The Hall–Kier alpha value is -2.15. The van der Waals surface area contributed by atoms with Crippen molar-refractivity contribution in [1.82, 2.24) is 9.88 Å². The fourth-order valence-electron chi connectivity index (χ4n) is 1.68. The predicted octanol–water partition coefficient (Wildman–Crippen LogP) is 0.876. The third-order valence-corrected chi connectivity index (χ3v) is 3.27. The predicted molar refractivity (Wildman–Crippen MR) is 81.2 cm³/mol. The van der Waals surface area contributed by atoms with Crippen molar-refractivity contribution >= 4 is 11.9 Å². The monoisotopic (exact) mass is 310 g/mol. The van der Waals surface area contributed by atoms with Crippen LogP contribution in [0.15, 0.2) is 17.2 Å². The molecule has 0 spiro atoms. The van der Waals surface area contributed by atoms with E-state index in [9.17, 15) is 19.5 Å². The lowest BCUT2D eigenvalue weighted by Gasteiger charge is -2.22. The van der Waals surface area contributed by atoms with Crippen LogP contribution in [0.4, 0.5) is 0 Å². The van der Waals surface area contributed by atoms with Crippen LogP contribution >= 0.6 is 0 Å². The third-order valence-electron chi connectivity index (χ3n) is 3.27. The van der Waals surface area contributed by atoms with E-state index in [2.05, 4.69) is 5.32 Å². The summed E-state index contributed by atoms with van der Waals surface area (Å²) in [6.07, 6.45) is 2.57. The number of amides is 1. The minimum absolute atomic E-state index is 0.0980. The van der Waals surface area contributed by atoms with Crippen molar-refractivity contribution in [3.8, 4) is 0 Å². The van der Waals surface area contributed by atoms with Crippen molar-refractivity contribution in [3.05, 3.63) is 33.7 Å². The maximum absolute atomic E-state index is 12.2. The molecule has 3 N–H and O–H groups in total. The largest absolute Gasteiger partial charge is 0.477 e. The van der Waals surface area contributed by atoms with E-state index in [0.29, 0.717) is 0 Å². The molecule has 7 nitrogen and oxygen atoms in total. The van der Waals surface area contributed by atoms with Gasteiger partial charge in [0.25, 0.3) is 5.91 Å². The number of hydrogen-bond acceptors (Lipinski definition) is 4. The Labute approximate surface area is 128 Å². The number of aromatic carboxylic acids is 1. The second-order valence-corrected chi connectivity index (χ2v) is 6.27. The van der Waals surface area contributed by atoms with Gasteiger partial charge in [0.15, 0.2) is 0 Å². The number of aliphatic hydroxyl groups excluding tert-OH is 1. The van der Waals surface area contributed by atoms with E-state index in [-0.39, 0.29) is 24.8 Å². The first-order valence-corrected chi connectivity index (χ1v) is 6.97. The highest BCUT2D eigenvalue weighted by Gasteiger charge is 2.22. The van der Waals surface area contributed by atoms with Crippen molar-refractivity contribution in [2.24, 2.45) is 5.41 Å². The number of hydrogen-bond donors (Lipinski definition) is 3. The maximum Gasteiger partial charge on any atom is 0.341 e.